The third-order valence-corrected chi connectivity index (χ3v) is 4.78. The van der Waals surface area contributed by atoms with Gasteiger partial charge in [-0.25, -0.2) is 8.78 Å². The first-order valence-corrected chi connectivity index (χ1v) is 6.85. The normalized spacial score (nSPS) is 47.7. The van der Waals surface area contributed by atoms with Crippen molar-refractivity contribution in [1.82, 2.24) is 0 Å². The summed E-state index contributed by atoms with van der Waals surface area (Å²) in [7, 11) is 0. The van der Waals surface area contributed by atoms with Crippen molar-refractivity contribution in [2.24, 2.45) is 23.7 Å². The highest BCUT2D eigenvalue weighted by atomic mass is 19.1. The molecule has 0 aromatic carbocycles. The Kier molecular flexibility index (Phi) is 4.16. The molecule has 2 rings (SSSR count). The number of aldehydes is 1. The van der Waals surface area contributed by atoms with E-state index in [1.54, 1.807) is 0 Å². The molecule has 0 heterocycles. The minimum Gasteiger partial charge on any atom is -0.303 e. The third kappa shape index (κ3) is 2.86. The molecule has 2 aliphatic carbocycles. The highest BCUT2D eigenvalue weighted by molar-refractivity contribution is 5.55. The Hall–Kier alpha value is -0.470. The van der Waals surface area contributed by atoms with E-state index in [-0.39, 0.29) is 5.92 Å². The minimum atomic E-state index is -1.26. The summed E-state index contributed by atoms with van der Waals surface area (Å²) in [6.07, 6.45) is 3.31. The Morgan fingerprint density at radius 3 is 1.94 bits per heavy atom. The van der Waals surface area contributed by atoms with Crippen LogP contribution in [0.1, 0.15) is 45.4 Å². The fourth-order valence-corrected chi connectivity index (χ4v) is 3.53. The summed E-state index contributed by atoms with van der Waals surface area (Å²) in [5.41, 5.74) is 0. The molecule has 2 atom stereocenters. The summed E-state index contributed by atoms with van der Waals surface area (Å²) in [5, 5.41) is 0. The number of carbonyl (C=O) groups excluding carboxylic acids is 1. The lowest BCUT2D eigenvalue weighted by Crippen LogP contribution is -2.39. The van der Waals surface area contributed by atoms with Crippen LogP contribution in [0.3, 0.4) is 0 Å². The zero-order valence-corrected chi connectivity index (χ0v) is 10.4. The van der Waals surface area contributed by atoms with Crippen LogP contribution in [0, 0.1) is 23.7 Å². The second-order valence-corrected chi connectivity index (χ2v) is 6.00. The van der Waals surface area contributed by atoms with Crippen LogP contribution >= 0.6 is 0 Å². The summed E-state index contributed by atoms with van der Waals surface area (Å²) >= 11 is 0. The third-order valence-electron chi connectivity index (χ3n) is 4.78. The lowest BCUT2D eigenvalue weighted by Gasteiger charge is -2.39. The van der Waals surface area contributed by atoms with Gasteiger partial charge in [-0.15, -0.1) is 0 Å². The Morgan fingerprint density at radius 1 is 0.941 bits per heavy atom. The van der Waals surface area contributed by atoms with Crippen LogP contribution < -0.4 is 0 Å². The number of carbonyl (C=O) groups is 1. The molecule has 0 bridgehead atoms. The van der Waals surface area contributed by atoms with Gasteiger partial charge in [-0.2, -0.15) is 0 Å². The Bertz CT molecular complexity index is 249. The number of rotatable bonds is 2. The molecule has 98 valence electrons. The van der Waals surface area contributed by atoms with Crippen LogP contribution in [-0.4, -0.2) is 18.6 Å². The molecule has 2 unspecified atom stereocenters. The molecule has 2 aliphatic rings. The van der Waals surface area contributed by atoms with Gasteiger partial charge < -0.3 is 4.79 Å². The van der Waals surface area contributed by atoms with Crippen molar-refractivity contribution in [2.75, 3.05) is 0 Å². The van der Waals surface area contributed by atoms with Crippen molar-refractivity contribution in [3.05, 3.63) is 0 Å². The van der Waals surface area contributed by atoms with E-state index in [1.165, 1.54) is 12.8 Å². The molecule has 2 fully saturated rings. The van der Waals surface area contributed by atoms with Gasteiger partial charge >= 0.3 is 0 Å². The Morgan fingerprint density at radius 2 is 1.47 bits per heavy atom. The van der Waals surface area contributed by atoms with Crippen LogP contribution in [0.25, 0.3) is 0 Å². The average molecular weight is 244 g/mol. The molecule has 0 aliphatic heterocycles. The van der Waals surface area contributed by atoms with Crippen LogP contribution in [0.4, 0.5) is 8.78 Å². The number of halogens is 2. The van der Waals surface area contributed by atoms with E-state index in [2.05, 4.69) is 6.92 Å². The summed E-state index contributed by atoms with van der Waals surface area (Å²) in [6.45, 7) is 2.25. The topological polar surface area (TPSA) is 17.1 Å². The summed E-state index contributed by atoms with van der Waals surface area (Å²) < 4.78 is 27.4. The summed E-state index contributed by atoms with van der Waals surface area (Å²) in [6, 6.07) is 0. The Labute approximate surface area is 102 Å². The van der Waals surface area contributed by atoms with Crippen LogP contribution in [0.2, 0.25) is 0 Å². The van der Waals surface area contributed by atoms with Gasteiger partial charge in [-0.05, 0) is 43.4 Å². The predicted molar refractivity (Wildman–Crippen MR) is 63.2 cm³/mol. The highest BCUT2D eigenvalue weighted by Crippen LogP contribution is 2.42. The fourth-order valence-electron chi connectivity index (χ4n) is 3.53. The second kappa shape index (κ2) is 5.45. The van der Waals surface area contributed by atoms with E-state index in [4.69, 9.17) is 0 Å². The smallest absolute Gasteiger partial charge is 0.128 e. The van der Waals surface area contributed by atoms with Gasteiger partial charge in [-0.1, -0.05) is 19.8 Å². The van der Waals surface area contributed by atoms with E-state index in [0.29, 0.717) is 25.0 Å². The van der Waals surface area contributed by atoms with Crippen molar-refractivity contribution in [2.45, 2.75) is 57.8 Å². The molecule has 0 amide bonds. The van der Waals surface area contributed by atoms with E-state index in [9.17, 15) is 13.6 Å². The molecule has 0 saturated heterocycles. The van der Waals surface area contributed by atoms with Gasteiger partial charge in [-0.3, -0.25) is 0 Å². The summed E-state index contributed by atoms with van der Waals surface area (Å²) in [5.74, 6) is 0.396. The lowest BCUT2D eigenvalue weighted by atomic mass is 9.68. The zero-order chi connectivity index (χ0) is 12.4. The molecule has 1 nitrogen and oxygen atoms in total. The van der Waals surface area contributed by atoms with Gasteiger partial charge in [0.1, 0.15) is 18.6 Å². The molecule has 0 N–H and O–H groups in total. The number of hydrogen-bond acceptors (Lipinski definition) is 1. The van der Waals surface area contributed by atoms with Crippen molar-refractivity contribution >= 4 is 6.29 Å². The maximum absolute atomic E-state index is 13.7. The monoisotopic (exact) mass is 244 g/mol. The molecule has 0 aromatic heterocycles. The van der Waals surface area contributed by atoms with Gasteiger partial charge in [0.05, 0.1) is 5.92 Å². The van der Waals surface area contributed by atoms with E-state index >= 15 is 0 Å². The molecular formula is C14H22F2O. The second-order valence-electron chi connectivity index (χ2n) is 6.00. The molecule has 2 saturated carbocycles. The Balaban J connectivity index is 1.93. The first kappa shape index (κ1) is 13.0. The number of alkyl halides is 2. The fraction of sp³-hybridized carbons (Fsp3) is 0.929. The van der Waals surface area contributed by atoms with Crippen LogP contribution in [0.15, 0.2) is 0 Å². The first-order valence-electron chi connectivity index (χ1n) is 6.85. The largest absolute Gasteiger partial charge is 0.303 e. The molecule has 3 heteroatoms. The van der Waals surface area contributed by atoms with E-state index < -0.39 is 18.3 Å². The molecule has 0 spiro atoms. The van der Waals surface area contributed by atoms with E-state index in [0.717, 1.165) is 18.8 Å². The zero-order valence-electron chi connectivity index (χ0n) is 10.4. The maximum Gasteiger partial charge on any atom is 0.128 e. The van der Waals surface area contributed by atoms with Crippen molar-refractivity contribution in [3.8, 4) is 0 Å². The van der Waals surface area contributed by atoms with Crippen molar-refractivity contribution in [1.29, 1.82) is 0 Å². The molecule has 0 radical (unpaired) electrons. The van der Waals surface area contributed by atoms with Gasteiger partial charge in [0, 0.05) is 0 Å². The minimum absolute atomic E-state index is 0.156. The predicted octanol–water partition coefficient (Wildman–Crippen LogP) is 3.71. The van der Waals surface area contributed by atoms with Gasteiger partial charge in [0.15, 0.2) is 0 Å². The van der Waals surface area contributed by atoms with Crippen LogP contribution in [-0.2, 0) is 4.79 Å². The molecular weight excluding hydrogens is 222 g/mol. The number of hydrogen-bond donors (Lipinski definition) is 0. The van der Waals surface area contributed by atoms with Crippen molar-refractivity contribution in [3.63, 3.8) is 0 Å². The van der Waals surface area contributed by atoms with Crippen LogP contribution in [0.5, 0.6) is 0 Å². The summed E-state index contributed by atoms with van der Waals surface area (Å²) in [4.78, 5) is 10.6. The van der Waals surface area contributed by atoms with Crippen molar-refractivity contribution < 1.29 is 13.6 Å². The SMILES string of the molecule is CC1CCC(C2CC(F)C(C=O)C(F)C2)CC1. The van der Waals surface area contributed by atoms with E-state index in [1.807, 2.05) is 0 Å². The van der Waals surface area contributed by atoms with Gasteiger partial charge in [0.2, 0.25) is 0 Å². The first-order chi connectivity index (χ1) is 8.11. The quantitative estimate of drug-likeness (QED) is 0.677. The van der Waals surface area contributed by atoms with Gasteiger partial charge in [0.25, 0.3) is 0 Å². The standard InChI is InChI=1S/C14H22F2O/c1-9-2-4-10(5-3-9)11-6-13(15)12(8-17)14(16)7-11/h8-14H,2-7H2,1H3. The molecule has 0 aromatic rings. The average Bonchev–Trinajstić information content (AvgIpc) is 2.29. The molecule has 17 heavy (non-hydrogen) atoms. The lowest BCUT2D eigenvalue weighted by molar-refractivity contribution is -0.118. The highest BCUT2D eigenvalue weighted by Gasteiger charge is 2.41. The maximum atomic E-state index is 13.7.